The van der Waals surface area contributed by atoms with Gasteiger partial charge in [-0.15, -0.1) is 37.2 Å². The Balaban J connectivity index is 0. The molecule has 0 radical (unpaired) electrons. The zero-order chi connectivity index (χ0) is 14.4. The van der Waals surface area contributed by atoms with Crippen LogP contribution in [0, 0.1) is 5.92 Å². The molecule has 1 aliphatic heterocycles. The van der Waals surface area contributed by atoms with Gasteiger partial charge in [0, 0.05) is 51.7 Å². The lowest BCUT2D eigenvalue weighted by atomic mass is 10.00. The fraction of sp³-hybridized carbons (Fsp3) is 0.933. The van der Waals surface area contributed by atoms with Crippen molar-refractivity contribution in [2.45, 2.75) is 38.6 Å². The largest absolute Gasteiger partial charge is 0.355 e. The van der Waals surface area contributed by atoms with Crippen LogP contribution in [0.1, 0.15) is 32.6 Å². The highest BCUT2D eigenvalue weighted by Gasteiger charge is 2.25. The zero-order valence-electron chi connectivity index (χ0n) is 14.0. The summed E-state index contributed by atoms with van der Waals surface area (Å²) in [7, 11) is 0. The Morgan fingerprint density at radius 2 is 1.70 bits per heavy atom. The van der Waals surface area contributed by atoms with Crippen LogP contribution in [-0.2, 0) is 4.79 Å². The van der Waals surface area contributed by atoms with E-state index in [9.17, 15) is 4.79 Å². The Labute approximate surface area is 159 Å². The van der Waals surface area contributed by atoms with E-state index < -0.39 is 0 Å². The van der Waals surface area contributed by atoms with E-state index in [0.29, 0.717) is 12.3 Å². The fourth-order valence-corrected chi connectivity index (χ4v) is 3.31. The number of nitrogens with zero attached hydrogens (tertiary/aromatic N) is 2. The molecule has 5 nitrogen and oxygen atoms in total. The molecule has 1 heterocycles. The minimum Gasteiger partial charge on any atom is -0.355 e. The highest BCUT2D eigenvalue weighted by Crippen LogP contribution is 2.26. The Bertz CT molecular complexity index is 315. The SMILES string of the molecule is CCN1CCN(CCNC(=O)C[C@@H]2CCC[C@H]2N)CC1.Cl.Cl.Cl. The van der Waals surface area contributed by atoms with Crippen LogP contribution in [-0.4, -0.2) is 67.6 Å². The van der Waals surface area contributed by atoms with Gasteiger partial charge in [-0.2, -0.15) is 0 Å². The number of carbonyl (C=O) groups is 1. The first kappa shape index (κ1) is 25.5. The highest BCUT2D eigenvalue weighted by atomic mass is 35.5. The summed E-state index contributed by atoms with van der Waals surface area (Å²) in [6.45, 7) is 9.65. The minimum absolute atomic E-state index is 0. The van der Waals surface area contributed by atoms with E-state index in [0.717, 1.165) is 58.7 Å². The first-order valence-corrected chi connectivity index (χ1v) is 8.16. The van der Waals surface area contributed by atoms with Gasteiger partial charge in [0.1, 0.15) is 0 Å². The molecule has 140 valence electrons. The molecule has 1 saturated carbocycles. The van der Waals surface area contributed by atoms with Gasteiger partial charge in [-0.05, 0) is 25.3 Å². The van der Waals surface area contributed by atoms with Gasteiger partial charge >= 0.3 is 0 Å². The molecule has 23 heavy (non-hydrogen) atoms. The normalized spacial score (nSPS) is 25.0. The Hall–Kier alpha value is 0.220. The number of piperazine rings is 1. The van der Waals surface area contributed by atoms with Crippen molar-refractivity contribution in [2.24, 2.45) is 11.7 Å². The second kappa shape index (κ2) is 13.5. The predicted octanol–water partition coefficient (Wildman–Crippen LogP) is 1.52. The Morgan fingerprint density at radius 3 is 2.22 bits per heavy atom. The van der Waals surface area contributed by atoms with Crippen molar-refractivity contribution in [1.82, 2.24) is 15.1 Å². The molecule has 1 aliphatic carbocycles. The second-order valence-electron chi connectivity index (χ2n) is 6.18. The molecule has 0 unspecified atom stereocenters. The molecule has 0 aromatic rings. The maximum absolute atomic E-state index is 11.9. The first-order chi connectivity index (χ1) is 9.69. The molecule has 0 aromatic heterocycles. The van der Waals surface area contributed by atoms with Crippen LogP contribution in [0.15, 0.2) is 0 Å². The zero-order valence-corrected chi connectivity index (χ0v) is 16.5. The molecule has 0 spiro atoms. The topological polar surface area (TPSA) is 61.6 Å². The Morgan fingerprint density at radius 1 is 1.09 bits per heavy atom. The van der Waals surface area contributed by atoms with Crippen molar-refractivity contribution in [3.8, 4) is 0 Å². The van der Waals surface area contributed by atoms with E-state index in [2.05, 4.69) is 22.0 Å². The van der Waals surface area contributed by atoms with E-state index in [1.807, 2.05) is 0 Å². The fourth-order valence-electron chi connectivity index (χ4n) is 3.31. The van der Waals surface area contributed by atoms with Crippen molar-refractivity contribution in [3.05, 3.63) is 0 Å². The molecule has 2 rings (SSSR count). The summed E-state index contributed by atoms with van der Waals surface area (Å²) in [6, 6.07) is 0.239. The van der Waals surface area contributed by atoms with Crippen molar-refractivity contribution in [3.63, 3.8) is 0 Å². The van der Waals surface area contributed by atoms with Crippen molar-refractivity contribution < 1.29 is 4.79 Å². The van der Waals surface area contributed by atoms with Gasteiger partial charge in [-0.3, -0.25) is 9.69 Å². The molecular weight excluding hydrogens is 359 g/mol. The molecule has 0 aromatic carbocycles. The van der Waals surface area contributed by atoms with Crippen LogP contribution in [0.3, 0.4) is 0 Å². The van der Waals surface area contributed by atoms with Gasteiger partial charge < -0.3 is 16.0 Å². The summed E-state index contributed by atoms with van der Waals surface area (Å²) in [4.78, 5) is 16.8. The molecule has 0 bridgehead atoms. The summed E-state index contributed by atoms with van der Waals surface area (Å²) in [5.41, 5.74) is 6.01. The lowest BCUT2D eigenvalue weighted by Crippen LogP contribution is -2.48. The highest BCUT2D eigenvalue weighted by molar-refractivity contribution is 5.86. The van der Waals surface area contributed by atoms with Crippen LogP contribution in [0.2, 0.25) is 0 Å². The summed E-state index contributed by atoms with van der Waals surface area (Å²) in [6.07, 6.45) is 4.00. The Kier molecular flexibility index (Phi) is 14.9. The van der Waals surface area contributed by atoms with E-state index in [1.54, 1.807) is 0 Å². The molecule has 2 atom stereocenters. The smallest absolute Gasteiger partial charge is 0.220 e. The number of hydrogen-bond donors (Lipinski definition) is 2. The molecule has 2 aliphatic rings. The van der Waals surface area contributed by atoms with Gasteiger partial charge in [-0.1, -0.05) is 13.3 Å². The van der Waals surface area contributed by atoms with E-state index in [-0.39, 0.29) is 49.2 Å². The summed E-state index contributed by atoms with van der Waals surface area (Å²) in [5, 5.41) is 3.05. The number of nitrogens with one attached hydrogen (secondary N) is 1. The maximum atomic E-state index is 11.9. The van der Waals surface area contributed by atoms with Crippen LogP contribution in [0.25, 0.3) is 0 Å². The molecule has 8 heteroatoms. The van der Waals surface area contributed by atoms with Gasteiger partial charge in [0.05, 0.1) is 0 Å². The molecular formula is C15H33Cl3N4O. The van der Waals surface area contributed by atoms with E-state index in [4.69, 9.17) is 5.73 Å². The van der Waals surface area contributed by atoms with E-state index in [1.165, 1.54) is 6.42 Å². The third kappa shape index (κ3) is 8.75. The average Bonchev–Trinajstić information content (AvgIpc) is 2.85. The average molecular weight is 392 g/mol. The number of nitrogens with two attached hydrogens (primary N) is 1. The van der Waals surface area contributed by atoms with Gasteiger partial charge in [0.2, 0.25) is 5.91 Å². The lowest BCUT2D eigenvalue weighted by Gasteiger charge is -2.33. The van der Waals surface area contributed by atoms with Crippen molar-refractivity contribution in [1.29, 1.82) is 0 Å². The van der Waals surface area contributed by atoms with E-state index >= 15 is 0 Å². The number of hydrogen-bond acceptors (Lipinski definition) is 4. The van der Waals surface area contributed by atoms with Crippen molar-refractivity contribution in [2.75, 3.05) is 45.8 Å². The van der Waals surface area contributed by atoms with Crippen LogP contribution < -0.4 is 11.1 Å². The number of carbonyl (C=O) groups excluding carboxylic acids is 1. The minimum atomic E-state index is 0. The first-order valence-electron chi connectivity index (χ1n) is 8.16. The number of likely N-dealkylation sites (N-methyl/N-ethyl adjacent to an activating group) is 1. The second-order valence-corrected chi connectivity index (χ2v) is 6.18. The van der Waals surface area contributed by atoms with Crippen LogP contribution in [0.5, 0.6) is 0 Å². The van der Waals surface area contributed by atoms with Crippen molar-refractivity contribution >= 4 is 43.1 Å². The van der Waals surface area contributed by atoms with Crippen LogP contribution in [0.4, 0.5) is 0 Å². The third-order valence-electron chi connectivity index (χ3n) is 4.83. The lowest BCUT2D eigenvalue weighted by molar-refractivity contribution is -0.122. The van der Waals surface area contributed by atoms with Gasteiger partial charge in [0.25, 0.3) is 0 Å². The van der Waals surface area contributed by atoms with Gasteiger partial charge in [0.15, 0.2) is 0 Å². The number of halogens is 3. The predicted molar refractivity (Wildman–Crippen MR) is 103 cm³/mol. The summed E-state index contributed by atoms with van der Waals surface area (Å²) in [5.74, 6) is 0.586. The molecule has 2 fully saturated rings. The maximum Gasteiger partial charge on any atom is 0.220 e. The summed E-state index contributed by atoms with van der Waals surface area (Å²) < 4.78 is 0. The quantitative estimate of drug-likeness (QED) is 0.721. The molecule has 1 amide bonds. The number of amides is 1. The summed E-state index contributed by atoms with van der Waals surface area (Å²) >= 11 is 0. The van der Waals surface area contributed by atoms with Crippen LogP contribution >= 0.6 is 37.2 Å². The number of rotatable bonds is 6. The molecule has 1 saturated heterocycles. The monoisotopic (exact) mass is 390 g/mol. The van der Waals surface area contributed by atoms with Gasteiger partial charge in [-0.25, -0.2) is 0 Å². The third-order valence-corrected chi connectivity index (χ3v) is 4.83. The standard InChI is InChI=1S/C15H30N4O.3ClH/c1-2-18-8-10-19(11-9-18)7-6-17-15(20)12-13-4-3-5-14(13)16;;;/h13-14H,2-12,16H2,1H3,(H,17,20);3*1H/t13-,14+;;;/m0.../s1. The molecule has 3 N–H and O–H groups in total.